The van der Waals surface area contributed by atoms with Crippen LogP contribution in [-0.2, 0) is 24.0 Å². The molecule has 3 fully saturated rings. The number of esters is 1. The van der Waals surface area contributed by atoms with Crippen LogP contribution in [0.3, 0.4) is 0 Å². The summed E-state index contributed by atoms with van der Waals surface area (Å²) >= 11 is 0. The van der Waals surface area contributed by atoms with Crippen LogP contribution in [0.15, 0.2) is 25.3 Å². The van der Waals surface area contributed by atoms with Gasteiger partial charge in [0, 0.05) is 30.7 Å². The monoisotopic (exact) mass is 449 g/mol. The van der Waals surface area contributed by atoms with Crippen LogP contribution >= 0.6 is 0 Å². The average molecular weight is 450 g/mol. The van der Waals surface area contributed by atoms with Gasteiger partial charge >= 0.3 is 5.97 Å². The smallest absolute Gasteiger partial charge is 0.330 e. The summed E-state index contributed by atoms with van der Waals surface area (Å²) in [5, 5.41) is 3.87. The van der Waals surface area contributed by atoms with Crippen molar-refractivity contribution >= 4 is 5.97 Å². The lowest BCUT2D eigenvalue weighted by molar-refractivity contribution is -0.360. The molecule has 1 heterocycles. The van der Waals surface area contributed by atoms with Gasteiger partial charge in [0.05, 0.1) is 18.8 Å². The van der Waals surface area contributed by atoms with E-state index in [9.17, 15) is 4.79 Å². The lowest BCUT2D eigenvalue weighted by Crippen LogP contribution is -2.59. The number of nitrogens with one attached hydrogen (secondary N) is 1. The Morgan fingerprint density at radius 2 is 1.72 bits per heavy atom. The molecule has 3 atom stereocenters. The largest absolute Gasteiger partial charge is 0.463 e. The van der Waals surface area contributed by atoms with E-state index < -0.39 is 0 Å². The van der Waals surface area contributed by atoms with Crippen molar-refractivity contribution in [1.29, 1.82) is 0 Å². The van der Waals surface area contributed by atoms with Gasteiger partial charge in [-0.2, -0.15) is 0 Å². The van der Waals surface area contributed by atoms with Gasteiger partial charge in [-0.1, -0.05) is 19.1 Å². The second-order valence-corrected chi connectivity index (χ2v) is 9.78. The normalized spacial score (nSPS) is 32.2. The molecule has 3 rings (SSSR count). The second-order valence-electron chi connectivity index (χ2n) is 9.78. The van der Waals surface area contributed by atoms with Crippen molar-refractivity contribution in [3.05, 3.63) is 25.3 Å². The molecular formula is C26H43NO5. The molecule has 1 N–H and O–H groups in total. The fourth-order valence-electron chi connectivity index (χ4n) is 5.55. The fourth-order valence-corrected chi connectivity index (χ4v) is 5.55. The Morgan fingerprint density at radius 1 is 0.969 bits per heavy atom. The van der Waals surface area contributed by atoms with Gasteiger partial charge in [0.1, 0.15) is 6.61 Å². The molecular weight excluding hydrogens is 406 g/mol. The van der Waals surface area contributed by atoms with Crippen molar-refractivity contribution < 1.29 is 24.0 Å². The topological polar surface area (TPSA) is 66.0 Å². The minimum absolute atomic E-state index is 0.238. The molecule has 0 aromatic heterocycles. The molecule has 0 aromatic rings. The Hall–Kier alpha value is -1.21. The highest BCUT2D eigenvalue weighted by molar-refractivity contribution is 5.81. The van der Waals surface area contributed by atoms with Gasteiger partial charge in [0.2, 0.25) is 0 Å². The van der Waals surface area contributed by atoms with Crippen molar-refractivity contribution in [1.82, 2.24) is 5.32 Å². The van der Waals surface area contributed by atoms with Crippen LogP contribution < -0.4 is 5.32 Å². The molecule has 1 spiro atoms. The van der Waals surface area contributed by atoms with Gasteiger partial charge in [-0.05, 0) is 76.5 Å². The molecule has 1 saturated heterocycles. The van der Waals surface area contributed by atoms with Crippen LogP contribution in [0.1, 0.15) is 77.0 Å². The van der Waals surface area contributed by atoms with E-state index in [0.717, 1.165) is 51.2 Å². The van der Waals surface area contributed by atoms with E-state index in [4.69, 9.17) is 19.2 Å². The summed E-state index contributed by atoms with van der Waals surface area (Å²) < 4.78 is 11.1. The zero-order chi connectivity index (χ0) is 22.7. The van der Waals surface area contributed by atoms with Gasteiger partial charge in [-0.25, -0.2) is 14.6 Å². The van der Waals surface area contributed by atoms with Crippen LogP contribution in [0, 0.1) is 11.3 Å². The van der Waals surface area contributed by atoms with Crippen molar-refractivity contribution in [2.45, 2.75) is 95.3 Å². The first-order valence-corrected chi connectivity index (χ1v) is 12.7. The molecule has 1 aliphatic heterocycles. The lowest BCUT2D eigenvalue weighted by Gasteiger charge is -2.53. The van der Waals surface area contributed by atoms with Gasteiger partial charge in [-0.15, -0.1) is 6.58 Å². The SMILES string of the molecule is C=CCOOC1CCC12CCC(C1CCC(OCCCCCCOC(=O)C=C)CC1)NC2. The molecule has 6 nitrogen and oxygen atoms in total. The predicted molar refractivity (Wildman–Crippen MR) is 125 cm³/mol. The number of ether oxygens (including phenoxy) is 2. The van der Waals surface area contributed by atoms with E-state index in [1.165, 1.54) is 51.0 Å². The maximum atomic E-state index is 11.0. The summed E-state index contributed by atoms with van der Waals surface area (Å²) in [4.78, 5) is 21.9. The van der Waals surface area contributed by atoms with Crippen LogP contribution in [0.4, 0.5) is 0 Å². The molecule has 2 aliphatic carbocycles. The molecule has 0 aromatic carbocycles. The summed E-state index contributed by atoms with van der Waals surface area (Å²) in [5.74, 6) is 0.448. The molecule has 6 heteroatoms. The van der Waals surface area contributed by atoms with Crippen LogP contribution in [0.25, 0.3) is 0 Å². The Kier molecular flexibility index (Phi) is 10.7. The maximum Gasteiger partial charge on any atom is 0.330 e. The standard InChI is InChI=1S/C26H43NO5/c1-3-17-31-32-24-14-16-26(24)15-13-23(27-20-26)21-9-11-22(12-10-21)29-18-7-5-6-8-19-30-25(28)4-2/h3-4,21-24,27H,1-2,5-20H2. The number of carbonyl (C=O) groups excluding carboxylic acids is 1. The zero-order valence-electron chi connectivity index (χ0n) is 19.7. The number of piperidine rings is 1. The Balaban J connectivity index is 1.21. The first-order valence-electron chi connectivity index (χ1n) is 12.7. The fraction of sp³-hybridized carbons (Fsp3) is 0.808. The molecule has 0 bridgehead atoms. The summed E-state index contributed by atoms with van der Waals surface area (Å²) in [5.41, 5.74) is 0.283. The molecule has 182 valence electrons. The number of hydrogen-bond donors (Lipinski definition) is 1. The first kappa shape index (κ1) is 25.4. The molecule has 2 saturated carbocycles. The highest BCUT2D eigenvalue weighted by atomic mass is 17.2. The van der Waals surface area contributed by atoms with E-state index in [1.807, 2.05) is 0 Å². The molecule has 0 amide bonds. The van der Waals surface area contributed by atoms with Crippen molar-refractivity contribution in [2.75, 3.05) is 26.4 Å². The number of hydrogen-bond acceptors (Lipinski definition) is 6. The Labute approximate surface area is 194 Å². The summed E-state index contributed by atoms with van der Waals surface area (Å²) in [6.45, 7) is 9.92. The molecule has 32 heavy (non-hydrogen) atoms. The summed E-state index contributed by atoms with van der Waals surface area (Å²) in [7, 11) is 0. The predicted octanol–water partition coefficient (Wildman–Crippen LogP) is 4.89. The molecule has 3 unspecified atom stereocenters. The third kappa shape index (κ3) is 7.41. The highest BCUT2D eigenvalue weighted by Crippen LogP contribution is 2.49. The van der Waals surface area contributed by atoms with Crippen molar-refractivity contribution in [2.24, 2.45) is 11.3 Å². The quantitative estimate of drug-likeness (QED) is 0.102. The summed E-state index contributed by atoms with van der Waals surface area (Å²) in [6.07, 6.45) is 17.6. The van der Waals surface area contributed by atoms with Crippen molar-refractivity contribution in [3.8, 4) is 0 Å². The van der Waals surface area contributed by atoms with Crippen molar-refractivity contribution in [3.63, 3.8) is 0 Å². The lowest BCUT2D eigenvalue weighted by atomic mass is 9.60. The molecule has 3 aliphatic rings. The highest BCUT2D eigenvalue weighted by Gasteiger charge is 2.50. The minimum Gasteiger partial charge on any atom is -0.463 e. The van der Waals surface area contributed by atoms with Crippen LogP contribution in [0.5, 0.6) is 0 Å². The third-order valence-electron chi connectivity index (χ3n) is 7.72. The van der Waals surface area contributed by atoms with E-state index in [-0.39, 0.29) is 17.5 Å². The van der Waals surface area contributed by atoms with Crippen LogP contribution in [0.2, 0.25) is 0 Å². The first-order chi connectivity index (χ1) is 15.7. The molecule has 0 radical (unpaired) electrons. The van der Waals surface area contributed by atoms with Gasteiger partial charge < -0.3 is 14.8 Å². The number of carbonyl (C=O) groups is 1. The van der Waals surface area contributed by atoms with E-state index in [0.29, 0.717) is 25.4 Å². The zero-order valence-corrected chi connectivity index (χ0v) is 19.7. The number of unbranched alkanes of at least 4 members (excludes halogenated alkanes) is 3. The van der Waals surface area contributed by atoms with E-state index >= 15 is 0 Å². The van der Waals surface area contributed by atoms with E-state index in [1.54, 1.807) is 6.08 Å². The summed E-state index contributed by atoms with van der Waals surface area (Å²) in [6, 6.07) is 0.645. The van der Waals surface area contributed by atoms with Gasteiger partial charge in [0.15, 0.2) is 0 Å². The average Bonchev–Trinajstić information content (AvgIpc) is 2.83. The number of rotatable bonds is 14. The Morgan fingerprint density at radius 3 is 2.34 bits per heavy atom. The van der Waals surface area contributed by atoms with Gasteiger partial charge in [0.25, 0.3) is 0 Å². The van der Waals surface area contributed by atoms with E-state index in [2.05, 4.69) is 18.5 Å². The van der Waals surface area contributed by atoms with Gasteiger partial charge in [-0.3, -0.25) is 0 Å². The third-order valence-corrected chi connectivity index (χ3v) is 7.72. The second kappa shape index (κ2) is 13.5. The minimum atomic E-state index is -0.332. The maximum absolute atomic E-state index is 11.0. The Bertz CT molecular complexity index is 579. The van der Waals surface area contributed by atoms with Crippen LogP contribution in [-0.4, -0.2) is 50.6 Å².